The highest BCUT2D eigenvalue weighted by molar-refractivity contribution is 7.13. The molecule has 1 aromatic heterocycles. The van der Waals surface area contributed by atoms with Crippen LogP contribution in [-0.2, 0) is 6.54 Å². The van der Waals surface area contributed by atoms with Crippen molar-refractivity contribution < 1.29 is 5.11 Å². The Morgan fingerprint density at radius 3 is 3.04 bits per heavy atom. The minimum Gasteiger partial charge on any atom is -0.396 e. The van der Waals surface area contributed by atoms with E-state index in [1.165, 1.54) is 39.4 Å². The number of thiophene rings is 1. The molecule has 0 bridgehead atoms. The molecule has 3 heterocycles. The van der Waals surface area contributed by atoms with Crippen molar-refractivity contribution in [1.82, 2.24) is 10.2 Å². The molecule has 2 aliphatic heterocycles. The van der Waals surface area contributed by atoms with Gasteiger partial charge in [-0.2, -0.15) is 0 Å². The maximum absolute atomic E-state index is 9.38. The quantitative estimate of drug-likeness (QED) is 0.864. The molecule has 0 radical (unpaired) electrons. The number of nitrogens with zero attached hydrogens (tertiary/aromatic N) is 1. The lowest BCUT2D eigenvalue weighted by molar-refractivity contribution is 0.116. The van der Waals surface area contributed by atoms with Gasteiger partial charge in [-0.05, 0) is 50.8 Å². The smallest absolute Gasteiger partial charge is 0.0471 e. The zero-order valence-corrected chi connectivity index (χ0v) is 15.1. The summed E-state index contributed by atoms with van der Waals surface area (Å²) in [5.74, 6) is 0.464. The van der Waals surface area contributed by atoms with E-state index in [0.717, 1.165) is 32.6 Å². The lowest BCUT2D eigenvalue weighted by atomic mass is 9.99. The molecule has 0 spiro atoms. The van der Waals surface area contributed by atoms with Crippen molar-refractivity contribution in [2.75, 3.05) is 26.2 Å². The molecule has 0 saturated carbocycles. The lowest BCUT2D eigenvalue weighted by Crippen LogP contribution is -2.36. The number of aliphatic hydroxyl groups excluding tert-OH is 1. The fraction of sp³-hybridized carbons (Fsp3) is 0.579. The fourth-order valence-electron chi connectivity index (χ4n) is 3.46. The lowest BCUT2D eigenvalue weighted by Gasteiger charge is -2.31. The van der Waals surface area contributed by atoms with E-state index in [-0.39, 0.29) is 0 Å². The number of nitrogens with one attached hydrogen (secondary N) is 1. The van der Waals surface area contributed by atoms with Gasteiger partial charge in [0, 0.05) is 47.3 Å². The third kappa shape index (κ3) is 4.06. The number of allylic oxidation sites excluding steroid dienone is 3. The minimum atomic E-state index is 0.328. The van der Waals surface area contributed by atoms with E-state index in [1.807, 2.05) is 11.3 Å². The molecule has 126 valence electrons. The van der Waals surface area contributed by atoms with Gasteiger partial charge in [-0.3, -0.25) is 4.90 Å². The molecule has 1 aromatic rings. The van der Waals surface area contributed by atoms with Crippen molar-refractivity contribution in [2.45, 2.75) is 39.7 Å². The summed E-state index contributed by atoms with van der Waals surface area (Å²) in [6.45, 7) is 8.92. The van der Waals surface area contributed by atoms with Gasteiger partial charge in [0.15, 0.2) is 0 Å². The summed E-state index contributed by atoms with van der Waals surface area (Å²) in [7, 11) is 0. The first-order valence-electron chi connectivity index (χ1n) is 8.76. The average molecular weight is 333 g/mol. The molecular formula is C19H28N2OS. The van der Waals surface area contributed by atoms with Crippen molar-refractivity contribution in [3.63, 3.8) is 0 Å². The molecule has 0 amide bonds. The normalized spacial score (nSPS) is 22.9. The molecule has 1 atom stereocenters. The summed E-state index contributed by atoms with van der Waals surface area (Å²) in [4.78, 5) is 5.29. The van der Waals surface area contributed by atoms with Crippen LogP contribution in [0.2, 0.25) is 0 Å². The molecule has 3 nitrogen and oxygen atoms in total. The Labute approximate surface area is 143 Å². The highest BCUT2D eigenvalue weighted by Gasteiger charge is 2.20. The van der Waals surface area contributed by atoms with Crippen LogP contribution in [0, 0.1) is 5.92 Å². The molecule has 4 heteroatoms. The van der Waals surface area contributed by atoms with Crippen LogP contribution in [-0.4, -0.2) is 36.2 Å². The maximum atomic E-state index is 9.38. The molecule has 1 saturated heterocycles. The second-order valence-electron chi connectivity index (χ2n) is 6.74. The SMILES string of the molecule is CCC1=CC(c2ccc(CN3CCCC(CO)C3)s2)=C(C)NC1. The zero-order chi connectivity index (χ0) is 16.2. The van der Waals surface area contributed by atoms with E-state index in [1.54, 1.807) is 0 Å². The van der Waals surface area contributed by atoms with E-state index < -0.39 is 0 Å². The van der Waals surface area contributed by atoms with Crippen LogP contribution in [0.4, 0.5) is 0 Å². The third-order valence-electron chi connectivity index (χ3n) is 4.96. The van der Waals surface area contributed by atoms with Gasteiger partial charge in [0.05, 0.1) is 0 Å². The number of hydrogen-bond donors (Lipinski definition) is 2. The fourth-order valence-corrected chi connectivity index (χ4v) is 4.58. The van der Waals surface area contributed by atoms with E-state index >= 15 is 0 Å². The van der Waals surface area contributed by atoms with E-state index in [4.69, 9.17) is 0 Å². The average Bonchev–Trinajstić information content (AvgIpc) is 3.03. The minimum absolute atomic E-state index is 0.328. The van der Waals surface area contributed by atoms with Gasteiger partial charge in [-0.15, -0.1) is 11.3 Å². The van der Waals surface area contributed by atoms with Gasteiger partial charge in [-0.25, -0.2) is 0 Å². The first kappa shape index (κ1) is 16.7. The van der Waals surface area contributed by atoms with E-state index in [2.05, 4.69) is 42.3 Å². The molecule has 2 aliphatic rings. The summed E-state index contributed by atoms with van der Waals surface area (Å²) < 4.78 is 0. The molecule has 1 unspecified atom stereocenters. The molecular weight excluding hydrogens is 304 g/mol. The Morgan fingerprint density at radius 2 is 2.26 bits per heavy atom. The van der Waals surface area contributed by atoms with Crippen LogP contribution < -0.4 is 5.32 Å². The second kappa shape index (κ2) is 7.65. The first-order chi connectivity index (χ1) is 11.2. The molecule has 23 heavy (non-hydrogen) atoms. The Hall–Kier alpha value is -1.10. The molecule has 3 rings (SSSR count). The standard InChI is InChI=1S/C19H28N2OS/c1-3-15-9-18(14(2)20-10-15)19-7-6-17(23-19)12-21-8-4-5-16(11-21)13-22/h6-7,9,16,20,22H,3-5,8,10-13H2,1-2H3. The van der Waals surface area contributed by atoms with E-state index in [9.17, 15) is 5.11 Å². The van der Waals surface area contributed by atoms with Crippen LogP contribution >= 0.6 is 11.3 Å². The van der Waals surface area contributed by atoms with Crippen molar-refractivity contribution in [3.8, 4) is 0 Å². The summed E-state index contributed by atoms with van der Waals surface area (Å²) in [6, 6.07) is 4.54. The van der Waals surface area contributed by atoms with Crippen LogP contribution in [0.25, 0.3) is 5.57 Å². The Morgan fingerprint density at radius 1 is 1.39 bits per heavy atom. The third-order valence-corrected chi connectivity index (χ3v) is 6.06. The van der Waals surface area contributed by atoms with Gasteiger partial charge in [0.1, 0.15) is 0 Å². The Bertz CT molecular complexity index is 602. The summed E-state index contributed by atoms with van der Waals surface area (Å²) in [5, 5.41) is 12.9. The summed E-state index contributed by atoms with van der Waals surface area (Å²) in [6.07, 6.45) is 5.85. The van der Waals surface area contributed by atoms with Crippen molar-refractivity contribution in [3.05, 3.63) is 39.2 Å². The Kier molecular flexibility index (Phi) is 5.57. The number of dihydropyridines is 1. The monoisotopic (exact) mass is 332 g/mol. The van der Waals surface area contributed by atoms with Crippen LogP contribution in [0.1, 0.15) is 42.9 Å². The van der Waals surface area contributed by atoms with Gasteiger partial charge < -0.3 is 10.4 Å². The van der Waals surface area contributed by atoms with Crippen LogP contribution in [0.5, 0.6) is 0 Å². The van der Waals surface area contributed by atoms with Gasteiger partial charge in [0.2, 0.25) is 0 Å². The van der Waals surface area contributed by atoms with Crippen molar-refractivity contribution in [1.29, 1.82) is 0 Å². The number of likely N-dealkylation sites (tertiary alicyclic amines) is 1. The van der Waals surface area contributed by atoms with Crippen molar-refractivity contribution >= 4 is 16.9 Å². The summed E-state index contributed by atoms with van der Waals surface area (Å²) >= 11 is 1.91. The molecule has 0 aromatic carbocycles. The van der Waals surface area contributed by atoms with Gasteiger partial charge in [-0.1, -0.05) is 18.6 Å². The largest absolute Gasteiger partial charge is 0.396 e. The number of piperidine rings is 1. The number of rotatable bonds is 5. The number of aliphatic hydroxyl groups is 1. The topological polar surface area (TPSA) is 35.5 Å². The first-order valence-corrected chi connectivity index (χ1v) is 9.57. The molecule has 0 aliphatic carbocycles. The predicted molar refractivity (Wildman–Crippen MR) is 98.4 cm³/mol. The van der Waals surface area contributed by atoms with Crippen LogP contribution in [0.3, 0.4) is 0 Å². The number of hydrogen-bond acceptors (Lipinski definition) is 4. The highest BCUT2D eigenvalue weighted by atomic mass is 32.1. The van der Waals surface area contributed by atoms with Crippen LogP contribution in [0.15, 0.2) is 29.5 Å². The Balaban J connectivity index is 1.70. The van der Waals surface area contributed by atoms with Gasteiger partial charge >= 0.3 is 0 Å². The zero-order valence-electron chi connectivity index (χ0n) is 14.3. The van der Waals surface area contributed by atoms with Gasteiger partial charge in [0.25, 0.3) is 0 Å². The summed E-state index contributed by atoms with van der Waals surface area (Å²) in [5.41, 5.74) is 4.12. The highest BCUT2D eigenvalue weighted by Crippen LogP contribution is 2.31. The second-order valence-corrected chi connectivity index (χ2v) is 7.91. The van der Waals surface area contributed by atoms with Crippen molar-refractivity contribution in [2.24, 2.45) is 5.92 Å². The molecule has 2 N–H and O–H groups in total. The maximum Gasteiger partial charge on any atom is 0.0471 e. The van der Waals surface area contributed by atoms with E-state index in [0.29, 0.717) is 12.5 Å². The molecule has 1 fully saturated rings. The predicted octanol–water partition coefficient (Wildman–Crippen LogP) is 3.62.